The summed E-state index contributed by atoms with van der Waals surface area (Å²) in [6.45, 7) is 3.70. The topological polar surface area (TPSA) is 65.1 Å². The van der Waals surface area contributed by atoms with Crippen molar-refractivity contribution in [2.75, 3.05) is 0 Å². The van der Waals surface area contributed by atoms with E-state index in [9.17, 15) is 9.59 Å². The standard InChI is InChI=1S/C18H16N2O3/c1-12-8-9-13(2)15(10-12)16(21)11-20-17(19-23-18(20)22)14-6-4-3-5-7-14/h3-10H,11H2,1-2H3. The molecule has 0 fully saturated rings. The number of hydrogen-bond acceptors (Lipinski definition) is 4. The molecule has 0 aliphatic rings. The number of rotatable bonds is 4. The predicted octanol–water partition coefficient (Wildman–Crippen LogP) is 3.00. The average molecular weight is 308 g/mol. The average Bonchev–Trinajstić information content (AvgIpc) is 2.91. The summed E-state index contributed by atoms with van der Waals surface area (Å²) >= 11 is 0. The van der Waals surface area contributed by atoms with Crippen molar-refractivity contribution in [1.82, 2.24) is 9.72 Å². The summed E-state index contributed by atoms with van der Waals surface area (Å²) in [5.74, 6) is -0.426. The molecule has 2 aromatic carbocycles. The molecule has 3 aromatic rings. The number of nitrogens with zero attached hydrogens (tertiary/aromatic N) is 2. The maximum absolute atomic E-state index is 12.6. The Morgan fingerprint density at radius 3 is 2.61 bits per heavy atom. The third kappa shape index (κ3) is 2.99. The lowest BCUT2D eigenvalue weighted by Gasteiger charge is -2.07. The molecule has 0 radical (unpaired) electrons. The third-order valence-corrected chi connectivity index (χ3v) is 3.71. The Balaban J connectivity index is 1.98. The normalized spacial score (nSPS) is 10.7. The van der Waals surface area contributed by atoms with Crippen LogP contribution in [-0.2, 0) is 6.54 Å². The molecule has 0 saturated carbocycles. The molecule has 0 aliphatic heterocycles. The zero-order valence-electron chi connectivity index (χ0n) is 12.9. The Bertz CT molecular complexity index is 908. The molecule has 0 N–H and O–H groups in total. The smallest absolute Gasteiger partial charge is 0.295 e. The Morgan fingerprint density at radius 2 is 1.87 bits per heavy atom. The van der Waals surface area contributed by atoms with E-state index in [0.29, 0.717) is 11.4 Å². The van der Waals surface area contributed by atoms with Gasteiger partial charge >= 0.3 is 5.76 Å². The fourth-order valence-electron chi connectivity index (χ4n) is 2.47. The van der Waals surface area contributed by atoms with Crippen LogP contribution in [0, 0.1) is 13.8 Å². The fourth-order valence-corrected chi connectivity index (χ4v) is 2.47. The van der Waals surface area contributed by atoms with E-state index in [1.54, 1.807) is 0 Å². The molecular formula is C18H16N2O3. The van der Waals surface area contributed by atoms with Crippen LogP contribution in [0.15, 0.2) is 57.8 Å². The molecule has 1 aromatic heterocycles. The summed E-state index contributed by atoms with van der Waals surface area (Å²) in [6, 6.07) is 14.9. The number of carbonyl (C=O) groups excluding carboxylic acids is 1. The van der Waals surface area contributed by atoms with Crippen molar-refractivity contribution < 1.29 is 9.32 Å². The van der Waals surface area contributed by atoms with E-state index in [1.807, 2.05) is 62.4 Å². The second kappa shape index (κ2) is 6.04. The maximum Gasteiger partial charge on any atom is 0.442 e. The molecule has 0 bridgehead atoms. The summed E-state index contributed by atoms with van der Waals surface area (Å²) in [5.41, 5.74) is 3.22. The lowest BCUT2D eigenvalue weighted by atomic mass is 10.0. The van der Waals surface area contributed by atoms with Gasteiger partial charge in [0.05, 0.1) is 6.54 Å². The van der Waals surface area contributed by atoms with Gasteiger partial charge in [0, 0.05) is 11.1 Å². The molecule has 116 valence electrons. The molecular weight excluding hydrogens is 292 g/mol. The second-order valence-corrected chi connectivity index (χ2v) is 5.47. The predicted molar refractivity (Wildman–Crippen MR) is 86.4 cm³/mol. The quantitative estimate of drug-likeness (QED) is 0.695. The highest BCUT2D eigenvalue weighted by molar-refractivity contribution is 5.97. The molecule has 0 spiro atoms. The van der Waals surface area contributed by atoms with Gasteiger partial charge in [-0.3, -0.25) is 9.32 Å². The van der Waals surface area contributed by atoms with Crippen LogP contribution in [0.5, 0.6) is 0 Å². The molecule has 0 saturated heterocycles. The van der Waals surface area contributed by atoms with Crippen molar-refractivity contribution in [1.29, 1.82) is 0 Å². The van der Waals surface area contributed by atoms with E-state index in [2.05, 4.69) is 5.16 Å². The SMILES string of the molecule is Cc1ccc(C)c(C(=O)Cn2c(-c3ccccc3)noc2=O)c1. The number of carbonyl (C=O) groups is 1. The molecule has 5 heteroatoms. The first-order valence-corrected chi connectivity index (χ1v) is 7.28. The van der Waals surface area contributed by atoms with Crippen LogP contribution < -0.4 is 5.76 Å². The zero-order valence-corrected chi connectivity index (χ0v) is 12.9. The Hall–Kier alpha value is -2.95. The van der Waals surface area contributed by atoms with Crippen LogP contribution in [0.2, 0.25) is 0 Å². The van der Waals surface area contributed by atoms with Crippen LogP contribution >= 0.6 is 0 Å². The summed E-state index contributed by atoms with van der Waals surface area (Å²) in [6.07, 6.45) is 0. The van der Waals surface area contributed by atoms with Crippen LogP contribution in [0.25, 0.3) is 11.4 Å². The van der Waals surface area contributed by atoms with E-state index in [4.69, 9.17) is 4.52 Å². The first-order valence-electron chi connectivity index (χ1n) is 7.28. The molecule has 3 rings (SSSR count). The van der Waals surface area contributed by atoms with Gasteiger partial charge in [-0.1, -0.05) is 53.2 Å². The molecule has 5 nitrogen and oxygen atoms in total. The summed E-state index contributed by atoms with van der Waals surface area (Å²) in [5, 5.41) is 3.80. The van der Waals surface area contributed by atoms with Crippen molar-refractivity contribution >= 4 is 5.78 Å². The summed E-state index contributed by atoms with van der Waals surface area (Å²) < 4.78 is 6.01. The van der Waals surface area contributed by atoms with Gasteiger partial charge in [0.2, 0.25) is 0 Å². The van der Waals surface area contributed by atoms with Gasteiger partial charge in [-0.2, -0.15) is 0 Å². The van der Waals surface area contributed by atoms with Gasteiger partial charge in [-0.15, -0.1) is 0 Å². The zero-order chi connectivity index (χ0) is 16.4. The highest BCUT2D eigenvalue weighted by Crippen LogP contribution is 2.17. The van der Waals surface area contributed by atoms with E-state index in [1.165, 1.54) is 4.57 Å². The van der Waals surface area contributed by atoms with Gasteiger partial charge in [-0.05, 0) is 25.5 Å². The number of aromatic nitrogens is 2. The van der Waals surface area contributed by atoms with Gasteiger partial charge in [-0.25, -0.2) is 9.36 Å². The van der Waals surface area contributed by atoms with Gasteiger partial charge in [0.25, 0.3) is 0 Å². The highest BCUT2D eigenvalue weighted by atomic mass is 16.5. The molecule has 23 heavy (non-hydrogen) atoms. The number of Topliss-reactive ketones (excluding diaryl/α,β-unsaturated/α-hetero) is 1. The largest absolute Gasteiger partial charge is 0.442 e. The minimum absolute atomic E-state index is 0.100. The first-order chi connectivity index (χ1) is 11.1. The lowest BCUT2D eigenvalue weighted by molar-refractivity contribution is 0.0969. The Labute approximate surface area is 133 Å². The molecule has 0 aliphatic carbocycles. The molecule has 0 atom stereocenters. The van der Waals surface area contributed by atoms with E-state index in [0.717, 1.165) is 16.7 Å². The fraction of sp³-hybridized carbons (Fsp3) is 0.167. The van der Waals surface area contributed by atoms with E-state index < -0.39 is 5.76 Å². The minimum Gasteiger partial charge on any atom is -0.295 e. The second-order valence-electron chi connectivity index (χ2n) is 5.47. The Morgan fingerprint density at radius 1 is 1.13 bits per heavy atom. The van der Waals surface area contributed by atoms with Gasteiger partial charge in [0.15, 0.2) is 11.6 Å². The minimum atomic E-state index is -0.637. The lowest BCUT2D eigenvalue weighted by Crippen LogP contribution is -2.21. The van der Waals surface area contributed by atoms with Crippen molar-refractivity contribution in [2.45, 2.75) is 20.4 Å². The van der Waals surface area contributed by atoms with E-state index >= 15 is 0 Å². The molecule has 0 amide bonds. The van der Waals surface area contributed by atoms with Crippen molar-refractivity contribution in [2.24, 2.45) is 0 Å². The summed E-state index contributed by atoms with van der Waals surface area (Å²) in [4.78, 5) is 24.5. The van der Waals surface area contributed by atoms with Crippen molar-refractivity contribution in [3.05, 3.63) is 75.8 Å². The third-order valence-electron chi connectivity index (χ3n) is 3.71. The van der Waals surface area contributed by atoms with Crippen molar-refractivity contribution in [3.8, 4) is 11.4 Å². The van der Waals surface area contributed by atoms with Crippen molar-refractivity contribution in [3.63, 3.8) is 0 Å². The van der Waals surface area contributed by atoms with Gasteiger partial charge < -0.3 is 0 Å². The number of hydrogen-bond donors (Lipinski definition) is 0. The Kier molecular flexibility index (Phi) is 3.93. The number of benzene rings is 2. The van der Waals surface area contributed by atoms with Crippen LogP contribution in [0.3, 0.4) is 0 Å². The monoisotopic (exact) mass is 308 g/mol. The molecule has 1 heterocycles. The number of aryl methyl sites for hydroxylation is 2. The molecule has 0 unspecified atom stereocenters. The van der Waals surface area contributed by atoms with E-state index in [-0.39, 0.29) is 12.3 Å². The van der Waals surface area contributed by atoms with Crippen LogP contribution in [-0.4, -0.2) is 15.5 Å². The van der Waals surface area contributed by atoms with Crippen LogP contribution in [0.1, 0.15) is 21.5 Å². The highest BCUT2D eigenvalue weighted by Gasteiger charge is 2.17. The maximum atomic E-state index is 12.6. The number of ketones is 1. The first kappa shape index (κ1) is 15.0. The summed E-state index contributed by atoms with van der Waals surface area (Å²) in [7, 11) is 0. The van der Waals surface area contributed by atoms with Gasteiger partial charge in [0.1, 0.15) is 0 Å². The van der Waals surface area contributed by atoms with Crippen LogP contribution in [0.4, 0.5) is 0 Å².